The van der Waals surface area contributed by atoms with Gasteiger partial charge in [-0.1, -0.05) is 0 Å². The van der Waals surface area contributed by atoms with Crippen LogP contribution in [0.1, 0.15) is 23.7 Å². The first-order valence-electron chi connectivity index (χ1n) is 8.36. The molecule has 1 aromatic heterocycles. The minimum atomic E-state index is -0.845. The van der Waals surface area contributed by atoms with E-state index < -0.39 is 11.9 Å². The van der Waals surface area contributed by atoms with Gasteiger partial charge in [-0.3, -0.25) is 9.69 Å². The van der Waals surface area contributed by atoms with Gasteiger partial charge < -0.3 is 19.5 Å². The molecule has 138 valence electrons. The smallest absolute Gasteiger partial charge is 0.341 e. The van der Waals surface area contributed by atoms with Gasteiger partial charge in [-0.2, -0.15) is 0 Å². The molecule has 25 heavy (non-hydrogen) atoms. The molecule has 0 radical (unpaired) electrons. The molecule has 1 aromatic rings. The molecule has 9 nitrogen and oxygen atoms in total. The van der Waals surface area contributed by atoms with E-state index in [4.69, 9.17) is 14.6 Å². The lowest BCUT2D eigenvalue weighted by molar-refractivity contribution is -0.138. The Morgan fingerprint density at radius 3 is 2.44 bits per heavy atom. The summed E-state index contributed by atoms with van der Waals surface area (Å²) in [4.78, 5) is 34.8. The average Bonchev–Trinajstić information content (AvgIpc) is 2.62. The minimum Gasteiger partial charge on any atom is -0.481 e. The van der Waals surface area contributed by atoms with E-state index in [2.05, 4.69) is 19.8 Å². The van der Waals surface area contributed by atoms with Gasteiger partial charge in [-0.25, -0.2) is 14.8 Å². The van der Waals surface area contributed by atoms with E-state index in [0.717, 1.165) is 32.7 Å². The number of ether oxygens (including phenoxy) is 2. The van der Waals surface area contributed by atoms with Gasteiger partial charge in [0.15, 0.2) is 0 Å². The Morgan fingerprint density at radius 2 is 1.84 bits per heavy atom. The van der Waals surface area contributed by atoms with Gasteiger partial charge in [0.2, 0.25) is 5.95 Å². The third kappa shape index (κ3) is 6.28. The predicted octanol–water partition coefficient (Wildman–Crippen LogP) is 0.267. The first-order chi connectivity index (χ1) is 12.1. The number of hydrogen-bond donors (Lipinski definition) is 1. The molecule has 0 unspecified atom stereocenters. The summed E-state index contributed by atoms with van der Waals surface area (Å²) >= 11 is 0. The van der Waals surface area contributed by atoms with Crippen molar-refractivity contribution in [3.8, 4) is 0 Å². The number of carbonyl (C=O) groups excluding carboxylic acids is 1. The van der Waals surface area contributed by atoms with Crippen LogP contribution in [-0.4, -0.2) is 84.5 Å². The van der Waals surface area contributed by atoms with E-state index in [9.17, 15) is 9.59 Å². The highest BCUT2D eigenvalue weighted by molar-refractivity contribution is 5.88. The molecule has 2 rings (SSSR count). The number of hydrogen-bond acceptors (Lipinski definition) is 8. The molecule has 9 heteroatoms. The molecule has 1 saturated heterocycles. The van der Waals surface area contributed by atoms with Crippen LogP contribution in [0.3, 0.4) is 0 Å². The molecular weight excluding hydrogens is 328 g/mol. The van der Waals surface area contributed by atoms with Crippen molar-refractivity contribution in [3.05, 3.63) is 18.0 Å². The Labute approximate surface area is 146 Å². The Balaban J connectivity index is 1.71. The fourth-order valence-electron chi connectivity index (χ4n) is 2.43. The number of piperazine rings is 1. The maximum absolute atomic E-state index is 11.6. The van der Waals surface area contributed by atoms with Crippen LogP contribution < -0.4 is 4.90 Å². The number of carboxylic acid groups (broad SMARTS) is 1. The van der Waals surface area contributed by atoms with E-state index in [1.54, 1.807) is 6.92 Å². The van der Waals surface area contributed by atoms with Crippen LogP contribution in [0.5, 0.6) is 0 Å². The van der Waals surface area contributed by atoms with Crippen LogP contribution in [0.4, 0.5) is 5.95 Å². The molecule has 1 aliphatic rings. The highest BCUT2D eigenvalue weighted by Crippen LogP contribution is 2.11. The maximum atomic E-state index is 11.6. The highest BCUT2D eigenvalue weighted by atomic mass is 16.5. The molecule has 1 fully saturated rings. The summed E-state index contributed by atoms with van der Waals surface area (Å²) in [5.41, 5.74) is 0.350. The molecule has 1 aliphatic heterocycles. The normalized spacial score (nSPS) is 15.2. The molecule has 0 aromatic carbocycles. The number of aliphatic carboxylic acids is 1. The quantitative estimate of drug-likeness (QED) is 0.495. The summed E-state index contributed by atoms with van der Waals surface area (Å²) in [5.74, 6) is -0.658. The van der Waals surface area contributed by atoms with Gasteiger partial charge in [0.25, 0.3) is 0 Å². The van der Waals surface area contributed by atoms with E-state index >= 15 is 0 Å². The summed E-state index contributed by atoms with van der Waals surface area (Å²) in [6.45, 7) is 6.90. The standard InChI is InChI=1S/C16H24N4O5/c1-2-25-15(23)13-11-17-16(18-12-13)20-6-4-19(5-7-20)8-10-24-9-3-14(21)22/h11-12H,2-10H2,1H3,(H,21,22). The molecule has 0 spiro atoms. The van der Waals surface area contributed by atoms with Crippen molar-refractivity contribution >= 4 is 17.9 Å². The molecular formula is C16H24N4O5. The van der Waals surface area contributed by atoms with Crippen LogP contribution in [0.25, 0.3) is 0 Å². The van der Waals surface area contributed by atoms with Crippen molar-refractivity contribution in [2.45, 2.75) is 13.3 Å². The lowest BCUT2D eigenvalue weighted by Crippen LogP contribution is -2.47. The molecule has 1 N–H and O–H groups in total. The van der Waals surface area contributed by atoms with Gasteiger partial charge >= 0.3 is 11.9 Å². The zero-order chi connectivity index (χ0) is 18.1. The fraction of sp³-hybridized carbons (Fsp3) is 0.625. The minimum absolute atomic E-state index is 0.0346. The van der Waals surface area contributed by atoms with Gasteiger partial charge in [0.1, 0.15) is 0 Å². The van der Waals surface area contributed by atoms with Crippen molar-refractivity contribution in [2.75, 3.05) is 57.4 Å². The molecule has 0 aliphatic carbocycles. The summed E-state index contributed by atoms with van der Waals surface area (Å²) in [6.07, 6.45) is 3.01. The Kier molecular flexibility index (Phi) is 7.55. The first kappa shape index (κ1) is 19.1. The largest absolute Gasteiger partial charge is 0.481 e. The molecule has 2 heterocycles. The van der Waals surface area contributed by atoms with Crippen LogP contribution in [0.15, 0.2) is 12.4 Å². The molecule has 0 atom stereocenters. The number of rotatable bonds is 9. The van der Waals surface area contributed by atoms with Gasteiger partial charge in [-0.05, 0) is 6.92 Å². The van der Waals surface area contributed by atoms with E-state index in [-0.39, 0.29) is 13.0 Å². The van der Waals surface area contributed by atoms with E-state index in [1.165, 1.54) is 12.4 Å². The molecule has 0 saturated carbocycles. The van der Waals surface area contributed by atoms with Crippen molar-refractivity contribution in [2.24, 2.45) is 0 Å². The number of esters is 1. The van der Waals surface area contributed by atoms with Crippen LogP contribution in [0.2, 0.25) is 0 Å². The predicted molar refractivity (Wildman–Crippen MR) is 89.7 cm³/mol. The number of aromatic nitrogens is 2. The average molecular weight is 352 g/mol. The summed E-state index contributed by atoms with van der Waals surface area (Å²) in [7, 11) is 0. The molecule has 0 bridgehead atoms. The second-order valence-corrected chi connectivity index (χ2v) is 5.58. The van der Waals surface area contributed by atoms with Gasteiger partial charge in [-0.15, -0.1) is 0 Å². The second kappa shape index (κ2) is 9.90. The number of nitrogens with zero attached hydrogens (tertiary/aromatic N) is 4. The summed E-state index contributed by atoms with van der Waals surface area (Å²) in [6, 6.07) is 0. The SMILES string of the molecule is CCOC(=O)c1cnc(N2CCN(CCOCCC(=O)O)CC2)nc1. The van der Waals surface area contributed by atoms with Gasteiger partial charge in [0.05, 0.1) is 31.8 Å². The van der Waals surface area contributed by atoms with Gasteiger partial charge in [0, 0.05) is 45.1 Å². The number of carboxylic acids is 1. The number of anilines is 1. The first-order valence-corrected chi connectivity index (χ1v) is 8.36. The Morgan fingerprint density at radius 1 is 1.16 bits per heavy atom. The zero-order valence-corrected chi connectivity index (χ0v) is 14.4. The van der Waals surface area contributed by atoms with Crippen molar-refractivity contribution < 1.29 is 24.2 Å². The Hall–Kier alpha value is -2.26. The maximum Gasteiger partial charge on any atom is 0.341 e. The van der Waals surface area contributed by atoms with Crippen molar-refractivity contribution in [1.82, 2.24) is 14.9 Å². The molecule has 0 amide bonds. The van der Waals surface area contributed by atoms with Crippen LogP contribution in [-0.2, 0) is 14.3 Å². The summed E-state index contributed by atoms with van der Waals surface area (Å²) < 4.78 is 10.2. The van der Waals surface area contributed by atoms with Crippen LogP contribution in [0, 0.1) is 0 Å². The second-order valence-electron chi connectivity index (χ2n) is 5.58. The topological polar surface area (TPSA) is 105 Å². The number of carbonyl (C=O) groups is 2. The monoisotopic (exact) mass is 352 g/mol. The lowest BCUT2D eigenvalue weighted by atomic mass is 10.3. The fourth-order valence-corrected chi connectivity index (χ4v) is 2.43. The third-order valence-electron chi connectivity index (χ3n) is 3.82. The zero-order valence-electron chi connectivity index (χ0n) is 14.4. The van der Waals surface area contributed by atoms with E-state index in [0.29, 0.717) is 24.7 Å². The van der Waals surface area contributed by atoms with Crippen molar-refractivity contribution in [1.29, 1.82) is 0 Å². The summed E-state index contributed by atoms with van der Waals surface area (Å²) in [5, 5.41) is 8.54. The third-order valence-corrected chi connectivity index (χ3v) is 3.82. The van der Waals surface area contributed by atoms with Crippen molar-refractivity contribution in [3.63, 3.8) is 0 Å². The van der Waals surface area contributed by atoms with E-state index in [1.807, 2.05) is 0 Å². The lowest BCUT2D eigenvalue weighted by Gasteiger charge is -2.34. The Bertz CT molecular complexity index is 558. The van der Waals surface area contributed by atoms with Crippen LogP contribution >= 0.6 is 0 Å². The highest BCUT2D eigenvalue weighted by Gasteiger charge is 2.19.